The number of aromatic nitrogens is 1. The van der Waals surface area contributed by atoms with Crippen LogP contribution in [-0.2, 0) is 11.0 Å². The summed E-state index contributed by atoms with van der Waals surface area (Å²) in [5.74, 6) is 0.440. The van der Waals surface area contributed by atoms with Gasteiger partial charge in [-0.1, -0.05) is 0 Å². The summed E-state index contributed by atoms with van der Waals surface area (Å²) in [6.45, 7) is 3.30. The first-order valence-electron chi connectivity index (χ1n) is 10.5. The van der Waals surface area contributed by atoms with Gasteiger partial charge in [0.15, 0.2) is 0 Å². The number of likely N-dealkylation sites (tertiary alicyclic amines) is 1. The number of piperidine rings is 1. The highest BCUT2D eigenvalue weighted by Crippen LogP contribution is 2.43. The van der Waals surface area contributed by atoms with Crippen LogP contribution in [0.1, 0.15) is 56.2 Å². The highest BCUT2D eigenvalue weighted by Gasteiger charge is 2.51. The topological polar surface area (TPSA) is 56.7 Å². The van der Waals surface area contributed by atoms with Gasteiger partial charge in [-0.25, -0.2) is 4.98 Å². The second kappa shape index (κ2) is 7.45. The maximum absolute atomic E-state index is 13.4. The van der Waals surface area contributed by atoms with Crippen molar-refractivity contribution in [3.05, 3.63) is 23.4 Å². The van der Waals surface area contributed by atoms with Gasteiger partial charge in [-0.15, -0.1) is 0 Å². The minimum Gasteiger partial charge on any atom is -0.393 e. The predicted octanol–water partition coefficient (Wildman–Crippen LogP) is 3.53. The molecule has 1 aromatic heterocycles. The van der Waals surface area contributed by atoms with Crippen molar-refractivity contribution in [1.82, 2.24) is 9.88 Å². The van der Waals surface area contributed by atoms with E-state index in [-0.39, 0.29) is 18.1 Å². The maximum Gasteiger partial charge on any atom is 0.416 e. The van der Waals surface area contributed by atoms with E-state index < -0.39 is 17.2 Å². The number of aryl methyl sites for hydroxylation is 1. The quantitative estimate of drug-likeness (QED) is 0.809. The van der Waals surface area contributed by atoms with Gasteiger partial charge in [0.05, 0.1) is 17.1 Å². The van der Waals surface area contributed by atoms with Crippen LogP contribution in [0.25, 0.3) is 0 Å². The van der Waals surface area contributed by atoms with E-state index in [0.717, 1.165) is 57.1 Å². The molecule has 0 aromatic carbocycles. The maximum atomic E-state index is 13.4. The molecule has 3 fully saturated rings. The number of anilines is 1. The molecule has 1 aromatic rings. The summed E-state index contributed by atoms with van der Waals surface area (Å²) in [6, 6.07) is 2.34. The fourth-order valence-corrected chi connectivity index (χ4v) is 5.25. The van der Waals surface area contributed by atoms with Crippen molar-refractivity contribution in [2.24, 2.45) is 5.41 Å². The normalized spacial score (nSPS) is 31.0. The third-order valence-corrected chi connectivity index (χ3v) is 6.82. The van der Waals surface area contributed by atoms with Crippen LogP contribution in [0.15, 0.2) is 12.1 Å². The van der Waals surface area contributed by atoms with Gasteiger partial charge in [0.25, 0.3) is 0 Å². The third-order valence-electron chi connectivity index (χ3n) is 6.82. The van der Waals surface area contributed by atoms with E-state index >= 15 is 0 Å². The molecule has 2 saturated heterocycles. The summed E-state index contributed by atoms with van der Waals surface area (Å²) in [4.78, 5) is 21.5. The van der Waals surface area contributed by atoms with E-state index in [9.17, 15) is 23.1 Å². The van der Waals surface area contributed by atoms with Gasteiger partial charge >= 0.3 is 6.18 Å². The molecule has 0 bridgehead atoms. The van der Waals surface area contributed by atoms with E-state index in [4.69, 9.17) is 0 Å². The number of hydrogen-bond acceptors (Lipinski definition) is 4. The lowest BCUT2D eigenvalue weighted by atomic mass is 9.78. The zero-order valence-electron chi connectivity index (χ0n) is 16.7. The molecule has 1 unspecified atom stereocenters. The average Bonchev–Trinajstić information content (AvgIpc) is 2.97. The van der Waals surface area contributed by atoms with Crippen LogP contribution >= 0.6 is 0 Å². The van der Waals surface area contributed by atoms with Crippen molar-refractivity contribution in [3.63, 3.8) is 0 Å². The molecule has 3 heterocycles. The lowest BCUT2D eigenvalue weighted by Gasteiger charge is -2.41. The van der Waals surface area contributed by atoms with E-state index in [1.807, 2.05) is 9.80 Å². The zero-order valence-corrected chi connectivity index (χ0v) is 16.7. The van der Waals surface area contributed by atoms with Crippen molar-refractivity contribution < 1.29 is 23.1 Å². The first-order valence-corrected chi connectivity index (χ1v) is 10.5. The molecule has 1 saturated carbocycles. The van der Waals surface area contributed by atoms with Crippen LogP contribution in [0, 0.1) is 12.3 Å². The Morgan fingerprint density at radius 3 is 2.55 bits per heavy atom. The summed E-state index contributed by atoms with van der Waals surface area (Å²) >= 11 is 0. The van der Waals surface area contributed by atoms with Gasteiger partial charge in [-0.2, -0.15) is 13.2 Å². The average molecular weight is 411 g/mol. The standard InChI is InChI=1S/C21H28F3N3O2/c1-14-11-15(21(22,23)24)12-18(25-14)26-9-2-7-20(13-26)8-10-27(19(20)29)16-3-5-17(28)6-4-16/h11-12,16-17,28H,2-10,13H2,1H3/t16-,17-,20?. The number of nitrogens with zero attached hydrogens (tertiary/aromatic N) is 3. The minimum absolute atomic E-state index is 0.132. The fraction of sp³-hybridized carbons (Fsp3) is 0.714. The Balaban J connectivity index is 1.53. The first-order chi connectivity index (χ1) is 13.7. The van der Waals surface area contributed by atoms with E-state index in [2.05, 4.69) is 4.98 Å². The van der Waals surface area contributed by atoms with Crippen LogP contribution in [0.5, 0.6) is 0 Å². The molecule has 3 aliphatic rings. The minimum atomic E-state index is -4.42. The van der Waals surface area contributed by atoms with Gasteiger partial charge in [0.1, 0.15) is 5.82 Å². The summed E-state index contributed by atoms with van der Waals surface area (Å²) < 4.78 is 39.7. The predicted molar refractivity (Wildman–Crippen MR) is 102 cm³/mol. The Morgan fingerprint density at radius 1 is 1.14 bits per heavy atom. The molecule has 4 rings (SSSR count). The second-order valence-corrected chi connectivity index (χ2v) is 8.87. The molecule has 1 N–H and O–H groups in total. The number of alkyl halides is 3. The molecular weight excluding hydrogens is 383 g/mol. The van der Waals surface area contributed by atoms with Crippen LogP contribution in [-0.4, -0.2) is 52.7 Å². The fourth-order valence-electron chi connectivity index (χ4n) is 5.25. The van der Waals surface area contributed by atoms with Crippen molar-refractivity contribution >= 4 is 11.7 Å². The van der Waals surface area contributed by atoms with Gasteiger partial charge in [0.2, 0.25) is 5.91 Å². The highest BCUT2D eigenvalue weighted by atomic mass is 19.4. The van der Waals surface area contributed by atoms with Crippen molar-refractivity contribution in [2.75, 3.05) is 24.5 Å². The smallest absolute Gasteiger partial charge is 0.393 e. The SMILES string of the molecule is Cc1cc(C(F)(F)F)cc(N2CCCC3(CCN([C@H]4CC[C@H](O)CC4)C3=O)C2)n1. The number of rotatable bonds is 2. The number of hydrogen-bond donors (Lipinski definition) is 1. The molecule has 1 atom stereocenters. The Hall–Kier alpha value is -1.83. The van der Waals surface area contributed by atoms with Crippen LogP contribution in [0.4, 0.5) is 19.0 Å². The van der Waals surface area contributed by atoms with Gasteiger partial charge in [-0.3, -0.25) is 4.79 Å². The molecular formula is C21H28F3N3O2. The van der Waals surface area contributed by atoms with Crippen LogP contribution < -0.4 is 4.90 Å². The summed E-state index contributed by atoms with van der Waals surface area (Å²) in [5.41, 5.74) is -0.896. The van der Waals surface area contributed by atoms with Crippen LogP contribution in [0.3, 0.4) is 0 Å². The second-order valence-electron chi connectivity index (χ2n) is 8.87. The molecule has 0 radical (unpaired) electrons. The molecule has 160 valence electrons. The van der Waals surface area contributed by atoms with E-state index in [0.29, 0.717) is 31.1 Å². The van der Waals surface area contributed by atoms with Gasteiger partial charge in [0, 0.05) is 31.4 Å². The number of aliphatic hydroxyl groups excluding tert-OH is 1. The summed E-state index contributed by atoms with van der Waals surface area (Å²) in [7, 11) is 0. The number of carbonyl (C=O) groups excluding carboxylic acids is 1. The van der Waals surface area contributed by atoms with E-state index in [1.165, 1.54) is 0 Å². The monoisotopic (exact) mass is 411 g/mol. The first kappa shape index (κ1) is 20.4. The van der Waals surface area contributed by atoms with Crippen molar-refractivity contribution in [2.45, 2.75) is 70.2 Å². The Morgan fingerprint density at radius 2 is 1.86 bits per heavy atom. The highest BCUT2D eigenvalue weighted by molar-refractivity contribution is 5.86. The number of pyridine rings is 1. The van der Waals surface area contributed by atoms with E-state index in [1.54, 1.807) is 6.92 Å². The zero-order chi connectivity index (χ0) is 20.8. The van der Waals surface area contributed by atoms with Crippen molar-refractivity contribution in [1.29, 1.82) is 0 Å². The summed E-state index contributed by atoms with van der Waals surface area (Å²) in [5, 5.41) is 9.74. The molecule has 5 nitrogen and oxygen atoms in total. The number of aliphatic hydroxyl groups is 1. The number of amides is 1. The molecule has 1 aliphatic carbocycles. The molecule has 2 aliphatic heterocycles. The lowest BCUT2D eigenvalue weighted by molar-refractivity contribution is -0.139. The Bertz CT molecular complexity index is 777. The third kappa shape index (κ3) is 3.96. The van der Waals surface area contributed by atoms with Crippen LogP contribution in [0.2, 0.25) is 0 Å². The molecule has 8 heteroatoms. The summed E-state index contributed by atoms with van der Waals surface area (Å²) in [6.07, 6.45) is 0.676. The number of halogens is 3. The molecule has 1 amide bonds. The van der Waals surface area contributed by atoms with Gasteiger partial charge in [-0.05, 0) is 64.0 Å². The number of carbonyl (C=O) groups is 1. The molecule has 29 heavy (non-hydrogen) atoms. The Labute approximate surface area is 168 Å². The lowest BCUT2D eigenvalue weighted by Crippen LogP contribution is -2.50. The van der Waals surface area contributed by atoms with Crippen molar-refractivity contribution in [3.8, 4) is 0 Å². The molecule has 1 spiro atoms. The van der Waals surface area contributed by atoms with Gasteiger partial charge < -0.3 is 14.9 Å². The largest absolute Gasteiger partial charge is 0.416 e. The Kier molecular flexibility index (Phi) is 5.25.